The summed E-state index contributed by atoms with van der Waals surface area (Å²) in [5, 5.41) is 7.27. The van der Waals surface area contributed by atoms with Gasteiger partial charge in [0.15, 0.2) is 5.11 Å². The third kappa shape index (κ3) is 3.61. The summed E-state index contributed by atoms with van der Waals surface area (Å²) in [7, 11) is 0. The maximum Gasteiger partial charge on any atom is 0.175 e. The monoisotopic (exact) mass is 277 g/mol. The van der Waals surface area contributed by atoms with E-state index in [2.05, 4.69) is 10.6 Å². The van der Waals surface area contributed by atoms with Crippen molar-refractivity contribution in [3.63, 3.8) is 0 Å². The summed E-state index contributed by atoms with van der Waals surface area (Å²) in [5.74, 6) is 0. The minimum Gasteiger partial charge on any atom is -0.399 e. The third-order valence-electron chi connectivity index (χ3n) is 2.25. The number of hydrogen-bond acceptors (Lipinski definition) is 2. The molecular weight excluding hydrogens is 266 g/mol. The molecule has 0 amide bonds. The standard InChI is InChI=1S/C13H12ClN3S/c14-9-2-1-3-12(8-9)17-13(18)16-11-6-4-10(15)5-7-11/h1-8H,15H2,(H2,16,17,18). The number of nitrogens with one attached hydrogen (secondary N) is 2. The maximum absolute atomic E-state index is 5.89. The molecule has 0 heterocycles. The molecule has 0 aliphatic heterocycles. The van der Waals surface area contributed by atoms with Gasteiger partial charge >= 0.3 is 0 Å². The van der Waals surface area contributed by atoms with Crippen molar-refractivity contribution < 1.29 is 0 Å². The first-order valence-electron chi connectivity index (χ1n) is 5.32. The fraction of sp³-hybridized carbons (Fsp3) is 0. The second-order valence-electron chi connectivity index (χ2n) is 3.71. The highest BCUT2D eigenvalue weighted by molar-refractivity contribution is 7.80. The number of thiocarbonyl (C=S) groups is 1. The minimum atomic E-state index is 0.502. The Labute approximate surface area is 116 Å². The zero-order valence-electron chi connectivity index (χ0n) is 9.48. The van der Waals surface area contributed by atoms with E-state index in [1.165, 1.54) is 0 Å². The zero-order chi connectivity index (χ0) is 13.0. The Morgan fingerprint density at radius 2 is 1.67 bits per heavy atom. The highest BCUT2D eigenvalue weighted by atomic mass is 35.5. The van der Waals surface area contributed by atoms with E-state index in [9.17, 15) is 0 Å². The van der Waals surface area contributed by atoms with Crippen LogP contribution < -0.4 is 16.4 Å². The van der Waals surface area contributed by atoms with E-state index < -0.39 is 0 Å². The summed E-state index contributed by atoms with van der Waals surface area (Å²) in [6, 6.07) is 14.7. The molecule has 0 aliphatic rings. The molecule has 0 spiro atoms. The number of rotatable bonds is 2. The third-order valence-corrected chi connectivity index (χ3v) is 2.69. The van der Waals surface area contributed by atoms with Gasteiger partial charge in [-0.3, -0.25) is 0 Å². The van der Waals surface area contributed by atoms with Gasteiger partial charge < -0.3 is 16.4 Å². The number of nitrogens with two attached hydrogens (primary N) is 1. The van der Waals surface area contributed by atoms with E-state index >= 15 is 0 Å². The molecule has 0 atom stereocenters. The summed E-state index contributed by atoms with van der Waals surface area (Å²) in [4.78, 5) is 0. The minimum absolute atomic E-state index is 0.502. The van der Waals surface area contributed by atoms with Crippen LogP contribution in [-0.2, 0) is 0 Å². The highest BCUT2D eigenvalue weighted by Crippen LogP contribution is 2.16. The van der Waals surface area contributed by atoms with Crippen LogP contribution in [0.4, 0.5) is 17.1 Å². The second kappa shape index (κ2) is 5.71. The van der Waals surface area contributed by atoms with Crippen LogP contribution in [0, 0.1) is 0 Å². The molecular formula is C13H12ClN3S. The van der Waals surface area contributed by atoms with Crippen molar-refractivity contribution in [2.24, 2.45) is 0 Å². The molecule has 0 fully saturated rings. The molecule has 0 radical (unpaired) electrons. The summed E-state index contributed by atoms with van der Waals surface area (Å²) < 4.78 is 0. The summed E-state index contributed by atoms with van der Waals surface area (Å²) in [6.07, 6.45) is 0. The Morgan fingerprint density at radius 1 is 1.00 bits per heavy atom. The zero-order valence-corrected chi connectivity index (χ0v) is 11.1. The van der Waals surface area contributed by atoms with Crippen molar-refractivity contribution >= 4 is 46.0 Å². The number of benzene rings is 2. The molecule has 2 aromatic carbocycles. The fourth-order valence-electron chi connectivity index (χ4n) is 1.43. The van der Waals surface area contributed by atoms with Crippen molar-refractivity contribution in [3.05, 3.63) is 53.6 Å². The first-order chi connectivity index (χ1) is 8.63. The average molecular weight is 278 g/mol. The van der Waals surface area contributed by atoms with E-state index in [1.54, 1.807) is 6.07 Å². The van der Waals surface area contributed by atoms with Gasteiger partial charge in [0.2, 0.25) is 0 Å². The lowest BCUT2D eigenvalue weighted by Gasteiger charge is -2.10. The largest absolute Gasteiger partial charge is 0.399 e. The smallest absolute Gasteiger partial charge is 0.175 e. The number of anilines is 3. The molecule has 5 heteroatoms. The quantitative estimate of drug-likeness (QED) is 0.578. The van der Waals surface area contributed by atoms with Gasteiger partial charge in [-0.25, -0.2) is 0 Å². The van der Waals surface area contributed by atoms with E-state index in [1.807, 2.05) is 42.5 Å². The Kier molecular flexibility index (Phi) is 4.02. The average Bonchev–Trinajstić information content (AvgIpc) is 2.32. The van der Waals surface area contributed by atoms with Crippen LogP contribution in [0.15, 0.2) is 48.5 Å². The van der Waals surface area contributed by atoms with Crippen LogP contribution in [0.1, 0.15) is 0 Å². The fourth-order valence-corrected chi connectivity index (χ4v) is 1.85. The first kappa shape index (κ1) is 12.7. The molecule has 2 aromatic rings. The summed E-state index contributed by atoms with van der Waals surface area (Å²) >= 11 is 11.1. The van der Waals surface area contributed by atoms with Crippen molar-refractivity contribution in [1.82, 2.24) is 0 Å². The predicted octanol–water partition coefficient (Wildman–Crippen LogP) is 3.73. The van der Waals surface area contributed by atoms with Crippen LogP contribution >= 0.6 is 23.8 Å². The molecule has 0 unspecified atom stereocenters. The molecule has 2 rings (SSSR count). The predicted molar refractivity (Wildman–Crippen MR) is 82.1 cm³/mol. The molecule has 18 heavy (non-hydrogen) atoms. The number of nitrogen functional groups attached to an aromatic ring is 1. The maximum atomic E-state index is 5.89. The van der Waals surface area contributed by atoms with Gasteiger partial charge in [-0.1, -0.05) is 17.7 Å². The van der Waals surface area contributed by atoms with Crippen molar-refractivity contribution in [2.75, 3.05) is 16.4 Å². The van der Waals surface area contributed by atoms with Gasteiger partial charge in [-0.05, 0) is 54.7 Å². The Balaban J connectivity index is 1.98. The van der Waals surface area contributed by atoms with Gasteiger partial charge in [0.05, 0.1) is 0 Å². The molecule has 3 nitrogen and oxygen atoms in total. The lowest BCUT2D eigenvalue weighted by molar-refractivity contribution is 1.59. The normalized spacial score (nSPS) is 9.83. The number of halogens is 1. The Morgan fingerprint density at radius 3 is 2.33 bits per heavy atom. The molecule has 0 saturated carbocycles. The Bertz CT molecular complexity index is 554. The second-order valence-corrected chi connectivity index (χ2v) is 4.56. The van der Waals surface area contributed by atoms with Gasteiger partial charge in [0, 0.05) is 22.1 Å². The van der Waals surface area contributed by atoms with Crippen molar-refractivity contribution in [2.45, 2.75) is 0 Å². The van der Waals surface area contributed by atoms with E-state index in [-0.39, 0.29) is 0 Å². The Hall–Kier alpha value is -1.78. The van der Waals surface area contributed by atoms with Gasteiger partial charge in [0.1, 0.15) is 0 Å². The van der Waals surface area contributed by atoms with Crippen LogP contribution in [0.25, 0.3) is 0 Å². The molecule has 0 bridgehead atoms. The molecule has 4 N–H and O–H groups in total. The van der Waals surface area contributed by atoms with Crippen molar-refractivity contribution in [1.29, 1.82) is 0 Å². The lowest BCUT2D eigenvalue weighted by atomic mass is 10.3. The van der Waals surface area contributed by atoms with Crippen LogP contribution in [0.3, 0.4) is 0 Å². The topological polar surface area (TPSA) is 50.1 Å². The van der Waals surface area contributed by atoms with E-state index in [0.29, 0.717) is 15.8 Å². The highest BCUT2D eigenvalue weighted by Gasteiger charge is 1.99. The van der Waals surface area contributed by atoms with Crippen LogP contribution in [-0.4, -0.2) is 5.11 Å². The SMILES string of the molecule is Nc1ccc(NC(=S)Nc2cccc(Cl)c2)cc1. The van der Waals surface area contributed by atoms with E-state index in [0.717, 1.165) is 11.4 Å². The summed E-state index contributed by atoms with van der Waals surface area (Å²) in [5.41, 5.74) is 8.05. The molecule has 0 saturated heterocycles. The molecule has 92 valence electrons. The van der Waals surface area contributed by atoms with Gasteiger partial charge in [-0.15, -0.1) is 0 Å². The van der Waals surface area contributed by atoms with Gasteiger partial charge in [0.25, 0.3) is 0 Å². The van der Waals surface area contributed by atoms with Gasteiger partial charge in [-0.2, -0.15) is 0 Å². The lowest BCUT2D eigenvalue weighted by Crippen LogP contribution is -2.18. The molecule has 0 aromatic heterocycles. The van der Waals surface area contributed by atoms with Crippen LogP contribution in [0.2, 0.25) is 5.02 Å². The number of hydrogen-bond donors (Lipinski definition) is 3. The molecule has 0 aliphatic carbocycles. The summed E-state index contributed by atoms with van der Waals surface area (Å²) in [6.45, 7) is 0. The first-order valence-corrected chi connectivity index (χ1v) is 6.11. The van der Waals surface area contributed by atoms with Crippen molar-refractivity contribution in [3.8, 4) is 0 Å². The van der Waals surface area contributed by atoms with Crippen LogP contribution in [0.5, 0.6) is 0 Å². The van der Waals surface area contributed by atoms with E-state index in [4.69, 9.17) is 29.6 Å².